The second-order valence-corrected chi connectivity index (χ2v) is 12.0. The molecule has 0 saturated carbocycles. The van der Waals surface area contributed by atoms with Crippen LogP contribution in [0.5, 0.6) is 0 Å². The fourth-order valence-electron chi connectivity index (χ4n) is 5.05. The fraction of sp³-hybridized carbons (Fsp3) is 0.267. The lowest BCUT2D eigenvalue weighted by Crippen LogP contribution is -2.41. The third kappa shape index (κ3) is 5.18. The molecule has 1 amide bonds. The molecule has 0 radical (unpaired) electrons. The highest BCUT2D eigenvalue weighted by Crippen LogP contribution is 2.41. The third-order valence-corrected chi connectivity index (χ3v) is 7.83. The molecule has 0 unspecified atom stereocenters. The molecule has 0 aliphatic carbocycles. The molecule has 4 aromatic heterocycles. The predicted molar refractivity (Wildman–Crippen MR) is 156 cm³/mol. The maximum Gasteiger partial charge on any atom is 0.410 e. The molecule has 216 valence electrons. The van der Waals surface area contributed by atoms with E-state index < -0.39 is 22.7 Å². The number of hydrogen-bond acceptors (Lipinski definition) is 6. The van der Waals surface area contributed by atoms with E-state index in [9.17, 15) is 18.0 Å². The number of pyridine rings is 1. The van der Waals surface area contributed by atoms with Crippen molar-refractivity contribution in [3.63, 3.8) is 0 Å². The molecule has 0 fully saturated rings. The summed E-state index contributed by atoms with van der Waals surface area (Å²) in [5.74, 6) is -0.863. The number of aromatic nitrogens is 5. The molecule has 1 aliphatic rings. The minimum atomic E-state index is -0.863. The first-order valence-corrected chi connectivity index (χ1v) is 14.1. The van der Waals surface area contributed by atoms with Crippen molar-refractivity contribution in [2.45, 2.75) is 39.5 Å². The lowest BCUT2D eigenvalue weighted by molar-refractivity contribution is 0.0194. The number of allylic oxidation sites excluding steroid dienone is 2. The smallest absolute Gasteiger partial charge is 0.410 e. The lowest BCUT2D eigenvalue weighted by Gasteiger charge is -2.30. The van der Waals surface area contributed by atoms with Gasteiger partial charge in [0.05, 0.1) is 52.9 Å². The summed E-state index contributed by atoms with van der Waals surface area (Å²) >= 11 is 0.900. The highest BCUT2D eigenvalue weighted by molar-refractivity contribution is 7.18. The molecule has 0 spiro atoms. The van der Waals surface area contributed by atoms with Crippen LogP contribution in [-0.4, -0.2) is 47.7 Å². The summed E-state index contributed by atoms with van der Waals surface area (Å²) in [6.45, 7) is 6.49. The fourth-order valence-corrected chi connectivity index (χ4v) is 5.96. The molecule has 12 heteroatoms. The Morgan fingerprint density at radius 2 is 1.95 bits per heavy atom. The normalized spacial score (nSPS) is 14.4. The second-order valence-electron chi connectivity index (χ2n) is 11.0. The number of thiophene rings is 1. The highest BCUT2D eigenvalue weighted by Gasteiger charge is 2.28. The Morgan fingerprint density at radius 1 is 1.14 bits per heavy atom. The average Bonchev–Trinajstić information content (AvgIpc) is 3.63. The van der Waals surface area contributed by atoms with Crippen LogP contribution in [0.25, 0.3) is 49.7 Å². The van der Waals surface area contributed by atoms with Gasteiger partial charge >= 0.3 is 6.09 Å². The third-order valence-electron chi connectivity index (χ3n) is 6.90. The van der Waals surface area contributed by atoms with Crippen LogP contribution >= 0.6 is 11.3 Å². The molecule has 5 aromatic rings. The van der Waals surface area contributed by atoms with Crippen molar-refractivity contribution in [1.29, 1.82) is 0 Å². The Hall–Kier alpha value is -4.45. The minimum absolute atomic E-state index is 0.0996. The van der Waals surface area contributed by atoms with E-state index in [2.05, 4.69) is 5.10 Å². The molecular formula is C30H27F3N6O2S. The standard InChI is InChI=1S/C30H27F3N6O2S/c1-30(2,3)41-29(40)38-9-10-39-20(16-38)13-23(36-39)27-21(12-19(32)7-8-31)22-14-25(33)42-28(22)26(35-27)17-5-6-24-18(11-17)15-34-37(24)4/h5-8,11-15H,9-10,16H2,1-4H3/b8-7+,19-12?. The van der Waals surface area contributed by atoms with Gasteiger partial charge in [-0.3, -0.25) is 9.36 Å². The Labute approximate surface area is 243 Å². The molecule has 1 aromatic carbocycles. The molecule has 5 heterocycles. The van der Waals surface area contributed by atoms with Crippen LogP contribution in [0.4, 0.5) is 18.0 Å². The quantitative estimate of drug-likeness (QED) is 0.203. The Kier molecular flexibility index (Phi) is 6.88. The number of carbonyl (C=O) groups excluding carboxylic acids is 1. The van der Waals surface area contributed by atoms with Gasteiger partial charge < -0.3 is 9.64 Å². The average molecular weight is 593 g/mol. The predicted octanol–water partition coefficient (Wildman–Crippen LogP) is 7.40. The maximum absolute atomic E-state index is 14.8. The van der Waals surface area contributed by atoms with E-state index in [4.69, 9.17) is 14.8 Å². The van der Waals surface area contributed by atoms with E-state index in [-0.39, 0.29) is 18.4 Å². The number of fused-ring (bicyclic) bond motifs is 3. The number of aryl methyl sites for hydroxylation is 1. The van der Waals surface area contributed by atoms with Crippen molar-refractivity contribution < 1.29 is 22.7 Å². The number of nitrogens with zero attached hydrogens (tertiary/aromatic N) is 6. The summed E-state index contributed by atoms with van der Waals surface area (Å²) < 4.78 is 52.0. The van der Waals surface area contributed by atoms with Crippen molar-refractivity contribution >= 4 is 44.5 Å². The maximum atomic E-state index is 14.8. The largest absolute Gasteiger partial charge is 0.444 e. The van der Waals surface area contributed by atoms with Gasteiger partial charge in [-0.1, -0.05) is 6.07 Å². The number of hydrogen-bond donors (Lipinski definition) is 0. The van der Waals surface area contributed by atoms with E-state index in [0.29, 0.717) is 46.3 Å². The summed E-state index contributed by atoms with van der Waals surface area (Å²) in [7, 11) is 1.84. The number of benzene rings is 1. The topological polar surface area (TPSA) is 78.1 Å². The summed E-state index contributed by atoms with van der Waals surface area (Å²) in [5.41, 5.74) is 3.23. The van der Waals surface area contributed by atoms with Crippen LogP contribution in [0, 0.1) is 5.13 Å². The molecule has 1 aliphatic heterocycles. The van der Waals surface area contributed by atoms with Crippen molar-refractivity contribution in [1.82, 2.24) is 29.4 Å². The number of rotatable bonds is 4. The molecule has 0 atom stereocenters. The Bertz CT molecular complexity index is 1910. The molecule has 0 N–H and O–H groups in total. The first kappa shape index (κ1) is 27.7. The van der Waals surface area contributed by atoms with Crippen molar-refractivity contribution in [3.05, 3.63) is 71.1 Å². The molecule has 0 saturated heterocycles. The second kappa shape index (κ2) is 10.4. The van der Waals surface area contributed by atoms with Crippen LogP contribution < -0.4 is 0 Å². The zero-order valence-corrected chi connectivity index (χ0v) is 24.2. The monoisotopic (exact) mass is 592 g/mol. The first-order chi connectivity index (χ1) is 20.0. The first-order valence-electron chi connectivity index (χ1n) is 13.2. The van der Waals surface area contributed by atoms with Crippen LogP contribution in [0.2, 0.25) is 0 Å². The number of halogens is 3. The zero-order chi connectivity index (χ0) is 29.8. The minimum Gasteiger partial charge on any atom is -0.444 e. The Balaban J connectivity index is 1.52. The van der Waals surface area contributed by atoms with Gasteiger partial charge in [0.15, 0.2) is 5.13 Å². The zero-order valence-electron chi connectivity index (χ0n) is 23.4. The van der Waals surface area contributed by atoms with E-state index in [1.54, 1.807) is 26.5 Å². The summed E-state index contributed by atoms with van der Waals surface area (Å²) in [4.78, 5) is 19.2. The van der Waals surface area contributed by atoms with Gasteiger partial charge in [0.1, 0.15) is 17.1 Å². The van der Waals surface area contributed by atoms with Crippen LogP contribution in [0.1, 0.15) is 32.0 Å². The Morgan fingerprint density at radius 3 is 2.71 bits per heavy atom. The molecule has 6 rings (SSSR count). The molecule has 42 heavy (non-hydrogen) atoms. The van der Waals surface area contributed by atoms with E-state index in [1.807, 2.05) is 46.0 Å². The van der Waals surface area contributed by atoms with Gasteiger partial charge in [0.2, 0.25) is 0 Å². The van der Waals surface area contributed by atoms with Crippen molar-refractivity contribution in [3.8, 4) is 22.6 Å². The van der Waals surface area contributed by atoms with Gasteiger partial charge in [0, 0.05) is 41.6 Å². The molecule has 0 bridgehead atoms. The number of ether oxygens (including phenoxy) is 1. The van der Waals surface area contributed by atoms with Crippen molar-refractivity contribution in [2.24, 2.45) is 7.05 Å². The van der Waals surface area contributed by atoms with E-state index >= 15 is 0 Å². The molecule has 8 nitrogen and oxygen atoms in total. The van der Waals surface area contributed by atoms with Crippen LogP contribution in [0.15, 0.2) is 54.8 Å². The van der Waals surface area contributed by atoms with Gasteiger partial charge in [-0.2, -0.15) is 14.6 Å². The van der Waals surface area contributed by atoms with Gasteiger partial charge in [0.25, 0.3) is 0 Å². The van der Waals surface area contributed by atoms with Crippen LogP contribution in [-0.2, 0) is 24.9 Å². The summed E-state index contributed by atoms with van der Waals surface area (Å²) in [6, 6.07) is 8.82. The summed E-state index contributed by atoms with van der Waals surface area (Å²) in [6.07, 6.45) is 3.22. The molecular weight excluding hydrogens is 565 g/mol. The van der Waals surface area contributed by atoms with Gasteiger partial charge in [-0.25, -0.2) is 18.6 Å². The van der Waals surface area contributed by atoms with Crippen LogP contribution in [0.3, 0.4) is 0 Å². The lowest BCUT2D eigenvalue weighted by atomic mass is 10.0. The van der Waals surface area contributed by atoms with E-state index in [1.165, 1.54) is 6.07 Å². The number of amides is 1. The number of carbonyl (C=O) groups is 1. The SMILES string of the molecule is Cn1ncc2cc(-c3nc(-c4cc5n(n4)CCN(C(=O)OC(C)(C)C)C5)c(C=C(F)/C=C/F)c4cc(F)sc34)ccc21. The van der Waals surface area contributed by atoms with E-state index in [0.717, 1.165) is 39.6 Å². The highest BCUT2D eigenvalue weighted by atomic mass is 32.1. The summed E-state index contributed by atoms with van der Waals surface area (Å²) in [5, 5.41) is 9.87. The van der Waals surface area contributed by atoms with Gasteiger partial charge in [-0.15, -0.1) is 11.3 Å². The van der Waals surface area contributed by atoms with Crippen molar-refractivity contribution in [2.75, 3.05) is 6.54 Å². The van der Waals surface area contributed by atoms with Gasteiger partial charge in [-0.05, 0) is 51.1 Å².